The molecule has 23 heavy (non-hydrogen) atoms. The minimum Gasteiger partial charge on any atom is -0.385 e. The number of hydrogen-bond donors (Lipinski definition) is 2. The van der Waals surface area contributed by atoms with Gasteiger partial charge in [0.1, 0.15) is 23.1 Å². The molecule has 3 atom stereocenters. The Morgan fingerprint density at radius 1 is 1.52 bits per heavy atom. The number of pyridine rings is 1. The summed E-state index contributed by atoms with van der Waals surface area (Å²) in [6, 6.07) is 4.58. The number of imidazole rings is 1. The van der Waals surface area contributed by atoms with Gasteiger partial charge in [0.25, 0.3) is 0 Å². The van der Waals surface area contributed by atoms with Crippen LogP contribution >= 0.6 is 0 Å². The number of nitriles is 1. The van der Waals surface area contributed by atoms with E-state index in [2.05, 4.69) is 25.6 Å². The van der Waals surface area contributed by atoms with Gasteiger partial charge in [0.2, 0.25) is 0 Å². The number of fused-ring (bicyclic) bond motifs is 3. The second-order valence-corrected chi connectivity index (χ2v) is 6.44. The summed E-state index contributed by atoms with van der Waals surface area (Å²) < 4.78 is 2.19. The number of hydrogen-bond acceptors (Lipinski definition) is 4. The molecule has 6 nitrogen and oxygen atoms in total. The second kappa shape index (κ2) is 5.36. The zero-order valence-corrected chi connectivity index (χ0v) is 13.0. The Balaban J connectivity index is 1.91. The zero-order chi connectivity index (χ0) is 16.0. The highest BCUT2D eigenvalue weighted by Crippen LogP contribution is 2.40. The first-order valence-corrected chi connectivity index (χ1v) is 8.08. The molecule has 0 saturated heterocycles. The monoisotopic (exact) mass is 309 g/mol. The smallest absolute Gasteiger partial charge is 0.139 e. The molecule has 3 heterocycles. The first-order chi connectivity index (χ1) is 11.2. The number of H-pyrrole nitrogens is 1. The van der Waals surface area contributed by atoms with Crippen LogP contribution in [0.15, 0.2) is 18.5 Å². The topological polar surface area (TPSA) is 90.5 Å². The number of aliphatic hydroxyl groups is 1. The van der Waals surface area contributed by atoms with Crippen LogP contribution in [0.5, 0.6) is 0 Å². The summed E-state index contributed by atoms with van der Waals surface area (Å²) >= 11 is 0. The van der Waals surface area contributed by atoms with Crippen LogP contribution < -0.4 is 0 Å². The largest absolute Gasteiger partial charge is 0.385 e. The van der Waals surface area contributed by atoms with E-state index in [-0.39, 0.29) is 6.04 Å². The fourth-order valence-electron chi connectivity index (χ4n) is 3.87. The molecular formula is C17H19N5O. The minimum absolute atomic E-state index is 0.281. The number of nitrogens with one attached hydrogen (secondary N) is 1. The Bertz CT molecular complexity index is 901. The van der Waals surface area contributed by atoms with Gasteiger partial charge in [0.05, 0.1) is 17.8 Å². The van der Waals surface area contributed by atoms with E-state index in [1.165, 1.54) is 0 Å². The maximum absolute atomic E-state index is 10.2. The molecule has 1 aliphatic carbocycles. The highest BCUT2D eigenvalue weighted by molar-refractivity contribution is 6.01. The van der Waals surface area contributed by atoms with Crippen molar-refractivity contribution in [3.63, 3.8) is 0 Å². The number of aliphatic hydroxyl groups excluding tert-OH is 1. The van der Waals surface area contributed by atoms with E-state index in [0.29, 0.717) is 18.2 Å². The van der Waals surface area contributed by atoms with Crippen LogP contribution in [-0.2, 0) is 0 Å². The third-order valence-corrected chi connectivity index (χ3v) is 4.89. The van der Waals surface area contributed by atoms with Crippen LogP contribution in [0.1, 0.15) is 50.6 Å². The van der Waals surface area contributed by atoms with Gasteiger partial charge in [0, 0.05) is 24.0 Å². The van der Waals surface area contributed by atoms with Crippen molar-refractivity contribution in [3.05, 3.63) is 24.3 Å². The minimum atomic E-state index is -0.633. The molecule has 118 valence electrons. The van der Waals surface area contributed by atoms with E-state index in [1.54, 1.807) is 13.1 Å². The highest BCUT2D eigenvalue weighted by Gasteiger charge is 2.30. The van der Waals surface area contributed by atoms with E-state index in [1.807, 2.05) is 12.3 Å². The van der Waals surface area contributed by atoms with Gasteiger partial charge in [-0.15, -0.1) is 0 Å². The molecule has 0 radical (unpaired) electrons. The standard InChI is InChI=1S/C17H19N5O/c1-10(23)17-21-14-9-20-16-13(5-7-19-16)15(14)22(17)12-3-2-11(8-12)4-6-18/h5,7,9-12,23H,2-4,8H2,1H3,(H,19,20)/t10-,11?,12?/m1/s1. The molecule has 0 amide bonds. The summed E-state index contributed by atoms with van der Waals surface area (Å²) in [4.78, 5) is 12.2. The molecule has 1 fully saturated rings. The Morgan fingerprint density at radius 2 is 2.39 bits per heavy atom. The van der Waals surface area contributed by atoms with Gasteiger partial charge >= 0.3 is 0 Å². The molecule has 1 aliphatic rings. The highest BCUT2D eigenvalue weighted by atomic mass is 16.3. The maximum Gasteiger partial charge on any atom is 0.139 e. The number of rotatable bonds is 3. The van der Waals surface area contributed by atoms with Gasteiger partial charge < -0.3 is 14.7 Å². The first kappa shape index (κ1) is 14.2. The van der Waals surface area contributed by atoms with Crippen molar-refractivity contribution < 1.29 is 5.11 Å². The van der Waals surface area contributed by atoms with Gasteiger partial charge in [0.15, 0.2) is 0 Å². The third-order valence-electron chi connectivity index (χ3n) is 4.89. The lowest BCUT2D eigenvalue weighted by Gasteiger charge is -2.18. The first-order valence-electron chi connectivity index (χ1n) is 8.08. The van der Waals surface area contributed by atoms with Crippen molar-refractivity contribution in [2.45, 2.75) is 44.8 Å². The van der Waals surface area contributed by atoms with Crippen LogP contribution in [0, 0.1) is 17.2 Å². The van der Waals surface area contributed by atoms with Crippen LogP contribution in [-0.4, -0.2) is 24.6 Å². The molecule has 0 spiro atoms. The normalized spacial score (nSPS) is 22.7. The lowest BCUT2D eigenvalue weighted by molar-refractivity contribution is 0.181. The average molecular weight is 309 g/mol. The molecule has 4 rings (SSSR count). The van der Waals surface area contributed by atoms with Gasteiger partial charge in [-0.05, 0) is 38.2 Å². The maximum atomic E-state index is 10.2. The molecule has 1 saturated carbocycles. The summed E-state index contributed by atoms with van der Waals surface area (Å²) in [5.41, 5.74) is 2.69. The van der Waals surface area contributed by atoms with Gasteiger partial charge in [-0.25, -0.2) is 9.97 Å². The van der Waals surface area contributed by atoms with Crippen molar-refractivity contribution in [3.8, 4) is 6.07 Å². The molecule has 3 aromatic rings. The van der Waals surface area contributed by atoms with E-state index >= 15 is 0 Å². The van der Waals surface area contributed by atoms with Crippen molar-refractivity contribution in [1.82, 2.24) is 19.5 Å². The predicted octanol–water partition coefficient (Wildman–Crippen LogP) is 3.22. The summed E-state index contributed by atoms with van der Waals surface area (Å²) in [5.74, 6) is 1.13. The zero-order valence-electron chi connectivity index (χ0n) is 13.0. The third kappa shape index (κ3) is 2.20. The van der Waals surface area contributed by atoms with Crippen LogP contribution in [0.25, 0.3) is 22.1 Å². The Morgan fingerprint density at radius 3 is 3.17 bits per heavy atom. The molecule has 3 aromatic heterocycles. The van der Waals surface area contributed by atoms with Crippen molar-refractivity contribution in [1.29, 1.82) is 5.26 Å². The average Bonchev–Trinajstić information content (AvgIpc) is 3.23. The quantitative estimate of drug-likeness (QED) is 0.777. The van der Waals surface area contributed by atoms with Crippen molar-refractivity contribution in [2.24, 2.45) is 5.92 Å². The van der Waals surface area contributed by atoms with Crippen LogP contribution in [0.2, 0.25) is 0 Å². The lowest BCUT2D eigenvalue weighted by atomic mass is 10.0. The fraction of sp³-hybridized carbons (Fsp3) is 0.471. The van der Waals surface area contributed by atoms with E-state index in [4.69, 9.17) is 5.26 Å². The van der Waals surface area contributed by atoms with Crippen molar-refractivity contribution >= 4 is 22.1 Å². The second-order valence-electron chi connectivity index (χ2n) is 6.44. The number of nitrogens with zero attached hydrogens (tertiary/aromatic N) is 4. The SMILES string of the molecule is C[C@@H](O)c1nc2cnc3[nH]ccc3c2n1C1CCC(CC#N)C1. The Hall–Kier alpha value is -2.39. The van der Waals surface area contributed by atoms with Crippen LogP contribution in [0.3, 0.4) is 0 Å². The summed E-state index contributed by atoms with van der Waals surface area (Å²) in [5, 5.41) is 20.2. The van der Waals surface area contributed by atoms with Crippen LogP contribution in [0.4, 0.5) is 0 Å². The fourth-order valence-corrected chi connectivity index (χ4v) is 3.87. The summed E-state index contributed by atoms with van der Waals surface area (Å²) in [6.45, 7) is 1.75. The molecule has 0 aliphatic heterocycles. The van der Waals surface area contributed by atoms with Gasteiger partial charge in [-0.2, -0.15) is 5.26 Å². The number of aromatic nitrogens is 4. The molecule has 0 aromatic carbocycles. The molecular weight excluding hydrogens is 290 g/mol. The lowest BCUT2D eigenvalue weighted by Crippen LogP contribution is -2.12. The van der Waals surface area contributed by atoms with Gasteiger partial charge in [-0.1, -0.05) is 0 Å². The Kier molecular flexibility index (Phi) is 3.31. The molecule has 2 N–H and O–H groups in total. The summed E-state index contributed by atoms with van der Waals surface area (Å²) in [7, 11) is 0. The molecule has 2 unspecified atom stereocenters. The summed E-state index contributed by atoms with van der Waals surface area (Å²) in [6.07, 6.45) is 6.65. The van der Waals surface area contributed by atoms with Gasteiger partial charge in [-0.3, -0.25) is 0 Å². The predicted molar refractivity (Wildman–Crippen MR) is 86.6 cm³/mol. The van der Waals surface area contributed by atoms with E-state index in [9.17, 15) is 5.11 Å². The van der Waals surface area contributed by atoms with E-state index < -0.39 is 6.10 Å². The number of aromatic amines is 1. The Labute approximate surface area is 133 Å². The molecule has 6 heteroatoms. The molecule has 0 bridgehead atoms. The van der Waals surface area contributed by atoms with Crippen molar-refractivity contribution in [2.75, 3.05) is 0 Å². The van der Waals surface area contributed by atoms with E-state index in [0.717, 1.165) is 41.3 Å².